The van der Waals surface area contributed by atoms with Crippen LogP contribution in [0.4, 0.5) is 5.82 Å². The van der Waals surface area contributed by atoms with E-state index < -0.39 is 0 Å². The van der Waals surface area contributed by atoms with Crippen LogP contribution in [0.2, 0.25) is 0 Å². The first-order chi connectivity index (χ1) is 21.7. The summed E-state index contributed by atoms with van der Waals surface area (Å²) >= 11 is 0. The van der Waals surface area contributed by atoms with Gasteiger partial charge < -0.3 is 9.58 Å². The molecule has 0 amide bonds. The van der Waals surface area contributed by atoms with Crippen molar-refractivity contribution in [2.24, 2.45) is 0 Å². The number of rotatable bonds is 5. The van der Waals surface area contributed by atoms with Crippen molar-refractivity contribution in [3.05, 3.63) is 138 Å². The van der Waals surface area contributed by atoms with Gasteiger partial charge in [-0.1, -0.05) is 75.9 Å². The Morgan fingerprint density at radius 2 is 1.51 bits per heavy atom. The Morgan fingerprint density at radius 3 is 2.27 bits per heavy atom. The van der Waals surface area contributed by atoms with Gasteiger partial charge in [0.25, 0.3) is 5.82 Å². The summed E-state index contributed by atoms with van der Waals surface area (Å²) in [5, 5.41) is 7.15. The maximum Gasteiger partial charge on any atom is 0.265 e. The highest BCUT2D eigenvalue weighted by Crippen LogP contribution is 2.39. The molecule has 45 heavy (non-hydrogen) atoms. The maximum absolute atomic E-state index is 8.10. The molecule has 220 valence electrons. The summed E-state index contributed by atoms with van der Waals surface area (Å²) in [4.78, 5) is 8.67. The minimum absolute atomic E-state index is 0.163. The van der Waals surface area contributed by atoms with E-state index in [1.165, 1.54) is 0 Å². The molecule has 6 heteroatoms. The van der Waals surface area contributed by atoms with E-state index in [4.69, 9.17) is 21.4 Å². The summed E-state index contributed by atoms with van der Waals surface area (Å²) < 4.78 is 10.6. The molecule has 0 aliphatic heterocycles. The first-order valence-electron chi connectivity index (χ1n) is 15.0. The summed E-state index contributed by atoms with van der Waals surface area (Å²) in [7, 11) is 0. The van der Waals surface area contributed by atoms with Crippen LogP contribution in [0.15, 0.2) is 109 Å². The maximum atomic E-state index is 8.10. The molecule has 0 aliphatic carbocycles. The van der Waals surface area contributed by atoms with E-state index in [0.29, 0.717) is 17.3 Å². The molecule has 6 nitrogen and oxygen atoms in total. The molecule has 0 unspecified atom stereocenters. The van der Waals surface area contributed by atoms with Crippen molar-refractivity contribution in [2.75, 3.05) is 0 Å². The monoisotopic (exact) mass is 587 g/mol. The number of hydrogen-bond acceptors (Lipinski definition) is 3. The molecule has 0 N–H and O–H groups in total. The molecule has 0 saturated heterocycles. The molecule has 3 aromatic heterocycles. The van der Waals surface area contributed by atoms with Crippen LogP contribution in [-0.2, 0) is 5.41 Å². The van der Waals surface area contributed by atoms with Crippen molar-refractivity contribution in [3.63, 3.8) is 0 Å². The van der Waals surface area contributed by atoms with Crippen LogP contribution in [0.1, 0.15) is 37.6 Å². The summed E-state index contributed by atoms with van der Waals surface area (Å²) in [5.74, 6) is 2.74. The van der Waals surface area contributed by atoms with E-state index in [1.807, 2.05) is 61.7 Å². The van der Waals surface area contributed by atoms with Gasteiger partial charge in [-0.3, -0.25) is 4.57 Å². The van der Waals surface area contributed by atoms with Gasteiger partial charge in [0.1, 0.15) is 23.0 Å². The van der Waals surface area contributed by atoms with Crippen LogP contribution in [0.25, 0.3) is 49.3 Å². The van der Waals surface area contributed by atoms with Gasteiger partial charge in [0.2, 0.25) is 0 Å². The van der Waals surface area contributed by atoms with E-state index >= 15 is 0 Å². The van der Waals surface area contributed by atoms with Gasteiger partial charge in [0.05, 0.1) is 16.7 Å². The lowest BCUT2D eigenvalue weighted by molar-refractivity contribution is 0.478. The van der Waals surface area contributed by atoms with Gasteiger partial charge in [0.15, 0.2) is 0 Å². The molecule has 0 radical (unpaired) electrons. The number of para-hydroxylation sites is 1. The third kappa shape index (κ3) is 5.03. The zero-order valence-electron chi connectivity index (χ0n) is 26.0. The lowest BCUT2D eigenvalue weighted by Gasteiger charge is -2.21. The van der Waals surface area contributed by atoms with Crippen molar-refractivity contribution in [1.29, 1.82) is 0 Å². The normalized spacial score (nSPS) is 11.6. The molecule has 4 aromatic carbocycles. The van der Waals surface area contributed by atoms with E-state index in [2.05, 4.69) is 91.7 Å². The van der Waals surface area contributed by atoms with E-state index in [1.54, 1.807) is 4.68 Å². The zero-order chi connectivity index (χ0) is 31.3. The largest absolute Gasteiger partial charge is 0.457 e. The fourth-order valence-corrected chi connectivity index (χ4v) is 5.98. The highest BCUT2D eigenvalue weighted by atomic mass is 16.5. The topological polar surface area (TPSA) is 49.2 Å². The number of fused-ring (bicyclic) bond motifs is 3. The predicted octanol–water partition coefficient (Wildman–Crippen LogP) is 10.3. The highest BCUT2D eigenvalue weighted by Gasteiger charge is 2.23. The lowest BCUT2D eigenvalue weighted by Crippen LogP contribution is -2.12. The summed E-state index contributed by atoms with van der Waals surface area (Å²) in [6, 6.07) is 34.9. The molecule has 3 heterocycles. The Kier molecular flexibility index (Phi) is 6.75. The second-order valence-corrected chi connectivity index (χ2v) is 12.5. The Bertz CT molecular complexity index is 2260. The second-order valence-electron chi connectivity index (χ2n) is 12.5. The van der Waals surface area contributed by atoms with Crippen molar-refractivity contribution in [3.8, 4) is 34.1 Å². The molecule has 0 fully saturated rings. The van der Waals surface area contributed by atoms with Crippen LogP contribution in [0, 0.1) is 20.4 Å². The van der Waals surface area contributed by atoms with E-state index in [0.717, 1.165) is 61.3 Å². The van der Waals surface area contributed by atoms with Crippen LogP contribution in [0.5, 0.6) is 11.5 Å². The van der Waals surface area contributed by atoms with Crippen LogP contribution >= 0.6 is 0 Å². The molecule has 0 bridgehead atoms. The molecule has 7 aromatic rings. The average Bonchev–Trinajstić information content (AvgIpc) is 3.55. The quantitative estimate of drug-likeness (QED) is 0.188. The first kappa shape index (κ1) is 28.1. The Balaban J connectivity index is 1.37. The third-order valence-corrected chi connectivity index (χ3v) is 8.22. The summed E-state index contributed by atoms with van der Waals surface area (Å²) in [6.45, 7) is 18.7. The fourth-order valence-electron chi connectivity index (χ4n) is 5.98. The highest BCUT2D eigenvalue weighted by molar-refractivity contribution is 6.09. The van der Waals surface area contributed by atoms with Gasteiger partial charge in [0, 0.05) is 34.7 Å². The smallest absolute Gasteiger partial charge is 0.265 e. The van der Waals surface area contributed by atoms with Crippen molar-refractivity contribution in [1.82, 2.24) is 19.3 Å². The summed E-state index contributed by atoms with van der Waals surface area (Å²) in [6.07, 6.45) is 1.85. The van der Waals surface area contributed by atoms with E-state index in [9.17, 15) is 0 Å². The van der Waals surface area contributed by atoms with Gasteiger partial charge >= 0.3 is 0 Å². The van der Waals surface area contributed by atoms with E-state index in [-0.39, 0.29) is 5.41 Å². The summed E-state index contributed by atoms with van der Waals surface area (Å²) in [5.41, 5.74) is 7.59. The average molecular weight is 588 g/mol. The standard InChI is InChI=1S/C39H33N5O/c1-25-18-19-41-36(20-25)43-34-15-11-10-14-32(34)33-17-16-30(24-35(33)43)45-31-22-28(39(3,4)5)21-29(23-31)44-38(40-6)37(26(2)42-44)27-12-8-7-9-13-27/h7-24H,1-5H3. The molecule has 0 saturated carbocycles. The van der Waals surface area contributed by atoms with Crippen molar-refractivity contribution >= 4 is 27.6 Å². The SMILES string of the molecule is [C-]#[N+]c1c(-c2ccccc2)c(C)nn1-c1cc(Oc2ccc3c4ccccc4n(-c4cc(C)ccn4)c3c2)cc(C(C)(C)C)c1. The number of aromatic nitrogens is 4. The van der Waals surface area contributed by atoms with Gasteiger partial charge in [-0.15, -0.1) is 5.10 Å². The molecule has 7 rings (SSSR count). The molecular weight excluding hydrogens is 554 g/mol. The number of benzene rings is 4. The second kappa shape index (κ2) is 10.8. The fraction of sp³-hybridized carbons (Fsp3) is 0.154. The first-order valence-corrected chi connectivity index (χ1v) is 15.0. The third-order valence-electron chi connectivity index (χ3n) is 8.22. The molecular formula is C39H33N5O. The van der Waals surface area contributed by atoms with Crippen LogP contribution < -0.4 is 4.74 Å². The Hall–Kier alpha value is -5.67. The molecule has 0 atom stereocenters. The minimum atomic E-state index is -0.163. The van der Waals surface area contributed by atoms with Gasteiger partial charge in [-0.05, 0) is 78.4 Å². The van der Waals surface area contributed by atoms with Crippen LogP contribution in [0.3, 0.4) is 0 Å². The lowest BCUT2D eigenvalue weighted by atomic mass is 9.86. The molecule has 0 aliphatic rings. The number of pyridine rings is 1. The Labute approximate surface area is 263 Å². The number of hydrogen-bond donors (Lipinski definition) is 0. The number of aryl methyl sites for hydroxylation is 2. The van der Waals surface area contributed by atoms with Crippen LogP contribution in [-0.4, -0.2) is 19.3 Å². The van der Waals surface area contributed by atoms with Gasteiger partial charge in [-0.25, -0.2) is 4.98 Å². The van der Waals surface area contributed by atoms with Crippen molar-refractivity contribution < 1.29 is 4.74 Å². The minimum Gasteiger partial charge on any atom is -0.457 e. The zero-order valence-corrected chi connectivity index (χ0v) is 26.0. The van der Waals surface area contributed by atoms with Crippen molar-refractivity contribution in [2.45, 2.75) is 40.0 Å². The molecule has 0 spiro atoms. The Morgan fingerprint density at radius 1 is 0.756 bits per heavy atom. The number of ether oxygens (including phenoxy) is 1. The predicted molar refractivity (Wildman–Crippen MR) is 182 cm³/mol. The van der Waals surface area contributed by atoms with Gasteiger partial charge in [-0.2, -0.15) is 4.68 Å². The number of nitrogens with zero attached hydrogens (tertiary/aromatic N) is 5.